The van der Waals surface area contributed by atoms with Crippen LogP contribution in [-0.2, 0) is 21.0 Å². The van der Waals surface area contributed by atoms with Crippen LogP contribution in [0.1, 0.15) is 91.0 Å². The average molecular weight is 625 g/mol. The maximum absolute atomic E-state index is 13.5. The van der Waals surface area contributed by atoms with Gasteiger partial charge in [-0.3, -0.25) is 9.69 Å². The molecule has 4 saturated carbocycles. The Bertz CT molecular complexity index is 1370. The van der Waals surface area contributed by atoms with Gasteiger partial charge in [-0.2, -0.15) is 17.5 Å². The van der Waals surface area contributed by atoms with Gasteiger partial charge in [0.25, 0.3) is 0 Å². The van der Waals surface area contributed by atoms with Gasteiger partial charge in [-0.05, 0) is 112 Å². The second-order valence-corrected chi connectivity index (χ2v) is 17.1. The second-order valence-electron chi connectivity index (χ2n) is 15.2. The van der Waals surface area contributed by atoms with Crippen molar-refractivity contribution in [3.63, 3.8) is 0 Å². The van der Waals surface area contributed by atoms with E-state index in [-0.39, 0.29) is 28.3 Å². The molecule has 1 aliphatic heterocycles. The van der Waals surface area contributed by atoms with Crippen LogP contribution in [0.5, 0.6) is 0 Å². The SMILES string of the molecule is CC1CN(S(=O)(=O)c2cccc(C(F)(F)F)c2)C(C)CN1C[C@@]1(O)CC[C@@]2(C)[C@@H](CC[C@@H]3[C@@H]2CC[C@]2(C)C(=O)CC[C@@H]32)C1. The molecular weight excluding hydrogens is 577 g/mol. The predicted octanol–water partition coefficient (Wildman–Crippen LogP) is 6.13. The van der Waals surface area contributed by atoms with Crippen LogP contribution in [0.15, 0.2) is 29.2 Å². The van der Waals surface area contributed by atoms with Crippen LogP contribution in [0.4, 0.5) is 13.2 Å². The fourth-order valence-corrected chi connectivity index (χ4v) is 12.1. The van der Waals surface area contributed by atoms with E-state index in [9.17, 15) is 31.5 Å². The van der Waals surface area contributed by atoms with Gasteiger partial charge in [-0.25, -0.2) is 8.42 Å². The number of carbonyl (C=O) groups is 1. The Morgan fingerprint density at radius 1 is 0.977 bits per heavy atom. The quantitative estimate of drug-likeness (QED) is 0.436. The van der Waals surface area contributed by atoms with Crippen LogP contribution in [0, 0.1) is 34.5 Å². The van der Waals surface area contributed by atoms with E-state index in [0.29, 0.717) is 55.0 Å². The van der Waals surface area contributed by atoms with Gasteiger partial charge in [0.2, 0.25) is 10.0 Å². The Balaban J connectivity index is 1.13. The molecule has 1 heterocycles. The van der Waals surface area contributed by atoms with Gasteiger partial charge in [0.15, 0.2) is 0 Å². The molecule has 5 aliphatic rings. The number of rotatable bonds is 4. The molecule has 6 rings (SSSR count). The summed E-state index contributed by atoms with van der Waals surface area (Å²) in [7, 11) is -4.13. The fraction of sp³-hybridized carbons (Fsp3) is 0.788. The zero-order valence-electron chi connectivity index (χ0n) is 25.9. The van der Waals surface area contributed by atoms with Crippen LogP contribution in [-0.4, -0.2) is 65.8 Å². The topological polar surface area (TPSA) is 77.9 Å². The van der Waals surface area contributed by atoms with Crippen LogP contribution < -0.4 is 0 Å². The van der Waals surface area contributed by atoms with Crippen molar-refractivity contribution in [2.45, 2.75) is 114 Å². The third-order valence-corrected chi connectivity index (χ3v) is 14.8. The van der Waals surface area contributed by atoms with Crippen LogP contribution in [0.3, 0.4) is 0 Å². The summed E-state index contributed by atoms with van der Waals surface area (Å²) in [5, 5.41) is 12.0. The van der Waals surface area contributed by atoms with Crippen molar-refractivity contribution in [3.8, 4) is 0 Å². The molecule has 0 aromatic heterocycles. The van der Waals surface area contributed by atoms with Crippen LogP contribution in [0.25, 0.3) is 0 Å². The zero-order chi connectivity index (χ0) is 31.2. The third-order valence-electron chi connectivity index (χ3n) is 12.9. The molecule has 240 valence electrons. The highest BCUT2D eigenvalue weighted by Gasteiger charge is 2.61. The number of fused-ring (bicyclic) bond motifs is 5. The largest absolute Gasteiger partial charge is 0.416 e. The third kappa shape index (κ3) is 5.20. The molecule has 1 aromatic carbocycles. The number of nitrogens with zero attached hydrogens (tertiary/aromatic N) is 2. The normalized spacial score (nSPS) is 42.7. The molecule has 1 saturated heterocycles. The second kappa shape index (κ2) is 10.5. The first-order valence-electron chi connectivity index (χ1n) is 16.2. The maximum atomic E-state index is 13.5. The van der Waals surface area contributed by atoms with Gasteiger partial charge in [0.1, 0.15) is 5.78 Å². The number of alkyl halides is 3. The highest BCUT2D eigenvalue weighted by atomic mass is 32.2. The number of β-amino-alcohol motifs (C(OH)–C–C–N with tert-alkyl or cyclic N) is 1. The number of aliphatic hydroxyl groups is 1. The van der Waals surface area contributed by atoms with E-state index < -0.39 is 33.4 Å². The Labute approximate surface area is 254 Å². The van der Waals surface area contributed by atoms with E-state index in [2.05, 4.69) is 18.7 Å². The monoisotopic (exact) mass is 624 g/mol. The minimum Gasteiger partial charge on any atom is -0.389 e. The summed E-state index contributed by atoms with van der Waals surface area (Å²) in [6.45, 7) is 9.40. The maximum Gasteiger partial charge on any atom is 0.416 e. The van der Waals surface area contributed by atoms with E-state index in [1.165, 1.54) is 10.4 Å². The highest BCUT2D eigenvalue weighted by Crippen LogP contribution is 2.66. The minimum atomic E-state index is -4.62. The number of hydrogen-bond donors (Lipinski definition) is 1. The van der Waals surface area contributed by atoms with Crippen molar-refractivity contribution in [1.29, 1.82) is 0 Å². The average Bonchev–Trinajstić information content (AvgIpc) is 3.24. The molecule has 10 heteroatoms. The first-order valence-corrected chi connectivity index (χ1v) is 17.6. The lowest BCUT2D eigenvalue weighted by atomic mass is 9.44. The van der Waals surface area contributed by atoms with Crippen molar-refractivity contribution < 1.29 is 31.5 Å². The van der Waals surface area contributed by atoms with E-state index in [1.54, 1.807) is 6.92 Å². The number of halogens is 3. The Morgan fingerprint density at radius 2 is 1.72 bits per heavy atom. The number of benzene rings is 1. The molecular formula is C33H47F3N2O4S. The van der Waals surface area contributed by atoms with E-state index in [4.69, 9.17) is 0 Å². The molecule has 0 amide bonds. The molecule has 0 bridgehead atoms. The van der Waals surface area contributed by atoms with E-state index >= 15 is 0 Å². The van der Waals surface area contributed by atoms with Crippen molar-refractivity contribution in [2.75, 3.05) is 19.6 Å². The fourth-order valence-electron chi connectivity index (χ4n) is 10.3. The van der Waals surface area contributed by atoms with Crippen molar-refractivity contribution in [3.05, 3.63) is 29.8 Å². The minimum absolute atomic E-state index is 0.136. The van der Waals surface area contributed by atoms with Gasteiger partial charge in [-0.1, -0.05) is 19.9 Å². The molecule has 6 nitrogen and oxygen atoms in total. The van der Waals surface area contributed by atoms with Gasteiger partial charge >= 0.3 is 6.18 Å². The molecule has 4 aliphatic carbocycles. The van der Waals surface area contributed by atoms with Crippen molar-refractivity contribution >= 4 is 15.8 Å². The first-order chi connectivity index (χ1) is 20.0. The molecule has 9 atom stereocenters. The van der Waals surface area contributed by atoms with Crippen LogP contribution >= 0.6 is 0 Å². The summed E-state index contributed by atoms with van der Waals surface area (Å²) < 4.78 is 68.1. The molecule has 43 heavy (non-hydrogen) atoms. The molecule has 0 radical (unpaired) electrons. The number of carbonyl (C=O) groups excluding carboxylic acids is 1. The lowest BCUT2D eigenvalue weighted by Crippen LogP contribution is -2.62. The summed E-state index contributed by atoms with van der Waals surface area (Å²) >= 11 is 0. The summed E-state index contributed by atoms with van der Waals surface area (Å²) in [4.78, 5) is 14.6. The summed E-state index contributed by atoms with van der Waals surface area (Å²) in [5.41, 5.74) is -1.81. The van der Waals surface area contributed by atoms with Gasteiger partial charge in [0.05, 0.1) is 16.1 Å². The molecule has 2 unspecified atom stereocenters. The standard InChI is InChI=1S/C33H47F3N2O4S/c1-21-19-38(43(41,42)25-7-5-6-23(16-25)33(34,35)36)22(2)18-37(21)20-32(40)15-14-30(3)24(17-32)8-9-26-27-10-11-29(39)31(27,4)13-12-28(26)30/h5-7,16,21-22,24,26-28,40H,8-15,17-20H2,1-4H3/t21?,22?,24-,26-,27-,28-,30-,31-,32+/m0/s1. The number of Topliss-reactive ketones (excluding diaryl/α,β-unsaturated/α-hetero) is 1. The molecule has 5 fully saturated rings. The number of ketones is 1. The number of piperazine rings is 1. The summed E-state index contributed by atoms with van der Waals surface area (Å²) in [5.74, 6) is 2.59. The van der Waals surface area contributed by atoms with E-state index in [0.717, 1.165) is 63.5 Å². The smallest absolute Gasteiger partial charge is 0.389 e. The Kier molecular flexibility index (Phi) is 7.71. The first kappa shape index (κ1) is 31.5. The molecule has 0 spiro atoms. The van der Waals surface area contributed by atoms with Gasteiger partial charge < -0.3 is 5.11 Å². The molecule has 1 aromatic rings. The zero-order valence-corrected chi connectivity index (χ0v) is 26.7. The molecule has 1 N–H and O–H groups in total. The highest BCUT2D eigenvalue weighted by molar-refractivity contribution is 7.89. The van der Waals surface area contributed by atoms with Gasteiger partial charge in [-0.15, -0.1) is 0 Å². The lowest BCUT2D eigenvalue weighted by Gasteiger charge is -2.61. The predicted molar refractivity (Wildman–Crippen MR) is 158 cm³/mol. The van der Waals surface area contributed by atoms with E-state index in [1.807, 2.05) is 6.92 Å². The number of hydrogen-bond acceptors (Lipinski definition) is 5. The van der Waals surface area contributed by atoms with Crippen molar-refractivity contribution in [2.24, 2.45) is 34.5 Å². The lowest BCUT2D eigenvalue weighted by molar-refractivity contribution is -0.159. The van der Waals surface area contributed by atoms with Crippen LogP contribution in [0.2, 0.25) is 0 Å². The Hall–Kier alpha value is -1.49. The number of sulfonamides is 1. The summed E-state index contributed by atoms with van der Waals surface area (Å²) in [6.07, 6.45) is 3.85. The van der Waals surface area contributed by atoms with Crippen molar-refractivity contribution in [1.82, 2.24) is 9.21 Å². The summed E-state index contributed by atoms with van der Waals surface area (Å²) in [6, 6.07) is 3.32. The Morgan fingerprint density at radius 3 is 2.44 bits per heavy atom. The van der Waals surface area contributed by atoms with Gasteiger partial charge in [0, 0.05) is 43.6 Å².